The smallest absolute Gasteiger partial charge is 0.261 e. The molecule has 0 saturated carbocycles. The molecule has 1 aromatic carbocycles. The van der Waals surface area contributed by atoms with Crippen molar-refractivity contribution in [3.63, 3.8) is 0 Å². The van der Waals surface area contributed by atoms with Crippen molar-refractivity contribution in [2.24, 2.45) is 0 Å². The number of hydrogen-bond donors (Lipinski definition) is 1. The topological polar surface area (TPSA) is 41.6 Å². The molecule has 0 bridgehead atoms. The number of nitrogens with one attached hydrogen (secondary N) is 1. The van der Waals surface area contributed by atoms with E-state index in [2.05, 4.69) is 10.2 Å². The standard InChI is InChI=1S/C16H22N2O2S/c1-12(2)20-14-9-5-4-8-13(14)15(19)17-16(21)18-10-6-3-7-11-18/h4-5,8-9,12H,3,6-7,10-11H2,1-2H3,(H,17,19,21). The largest absolute Gasteiger partial charge is 0.490 e. The first-order valence-electron chi connectivity index (χ1n) is 7.44. The number of amides is 1. The normalized spacial score (nSPS) is 14.9. The van der Waals surface area contributed by atoms with Crippen molar-refractivity contribution in [2.45, 2.75) is 39.2 Å². The highest BCUT2D eigenvalue weighted by atomic mass is 32.1. The van der Waals surface area contributed by atoms with Gasteiger partial charge in [-0.2, -0.15) is 0 Å². The van der Waals surface area contributed by atoms with Gasteiger partial charge in [-0.05, 0) is 57.5 Å². The molecule has 1 aliphatic rings. The summed E-state index contributed by atoms with van der Waals surface area (Å²) in [5.74, 6) is 0.383. The number of piperidine rings is 1. The van der Waals surface area contributed by atoms with Crippen LogP contribution in [0.1, 0.15) is 43.5 Å². The maximum atomic E-state index is 12.4. The van der Waals surface area contributed by atoms with E-state index in [1.54, 1.807) is 12.1 Å². The number of carbonyl (C=O) groups excluding carboxylic acids is 1. The predicted molar refractivity (Wildman–Crippen MR) is 87.7 cm³/mol. The zero-order chi connectivity index (χ0) is 15.2. The van der Waals surface area contributed by atoms with Gasteiger partial charge < -0.3 is 9.64 Å². The number of ether oxygens (including phenoxy) is 1. The fraction of sp³-hybridized carbons (Fsp3) is 0.500. The molecule has 0 unspecified atom stereocenters. The highest BCUT2D eigenvalue weighted by Crippen LogP contribution is 2.19. The summed E-state index contributed by atoms with van der Waals surface area (Å²) < 4.78 is 5.68. The molecule has 0 aliphatic carbocycles. The van der Waals surface area contributed by atoms with Gasteiger partial charge in [-0.25, -0.2) is 0 Å². The highest BCUT2D eigenvalue weighted by molar-refractivity contribution is 7.80. The minimum Gasteiger partial charge on any atom is -0.490 e. The summed E-state index contributed by atoms with van der Waals surface area (Å²) in [6.45, 7) is 5.71. The first kappa shape index (κ1) is 15.8. The van der Waals surface area contributed by atoms with Gasteiger partial charge in [0.05, 0.1) is 11.7 Å². The Kier molecular flexibility index (Phi) is 5.56. The Morgan fingerprint density at radius 3 is 2.57 bits per heavy atom. The van der Waals surface area contributed by atoms with Gasteiger partial charge in [0.1, 0.15) is 5.75 Å². The van der Waals surface area contributed by atoms with Gasteiger partial charge in [0.25, 0.3) is 5.91 Å². The Morgan fingerprint density at radius 1 is 1.24 bits per heavy atom. The van der Waals surface area contributed by atoms with Crippen LogP contribution in [0.2, 0.25) is 0 Å². The molecule has 0 spiro atoms. The molecule has 1 fully saturated rings. The quantitative estimate of drug-likeness (QED) is 0.872. The van der Waals surface area contributed by atoms with Gasteiger partial charge in [0.15, 0.2) is 5.11 Å². The number of carbonyl (C=O) groups is 1. The van der Waals surface area contributed by atoms with Crippen molar-refractivity contribution < 1.29 is 9.53 Å². The first-order chi connectivity index (χ1) is 10.1. The summed E-state index contributed by atoms with van der Waals surface area (Å²) in [7, 11) is 0. The molecule has 21 heavy (non-hydrogen) atoms. The maximum Gasteiger partial charge on any atom is 0.261 e. The fourth-order valence-corrected chi connectivity index (χ4v) is 2.63. The molecule has 1 aliphatic heterocycles. The third kappa shape index (κ3) is 4.43. The molecule has 5 heteroatoms. The van der Waals surface area contributed by atoms with Crippen molar-refractivity contribution in [1.29, 1.82) is 0 Å². The second-order valence-corrected chi connectivity index (χ2v) is 5.86. The van der Waals surface area contributed by atoms with E-state index in [1.807, 2.05) is 26.0 Å². The number of benzene rings is 1. The molecule has 0 aromatic heterocycles. The summed E-state index contributed by atoms with van der Waals surface area (Å²) in [5, 5.41) is 3.33. The number of hydrogen-bond acceptors (Lipinski definition) is 3. The second-order valence-electron chi connectivity index (χ2n) is 5.47. The lowest BCUT2D eigenvalue weighted by Crippen LogP contribution is -2.45. The van der Waals surface area contributed by atoms with Crippen LogP contribution in [0.5, 0.6) is 5.75 Å². The van der Waals surface area contributed by atoms with E-state index in [1.165, 1.54) is 6.42 Å². The lowest BCUT2D eigenvalue weighted by molar-refractivity contribution is 0.0966. The molecular weight excluding hydrogens is 284 g/mol. The summed E-state index contributed by atoms with van der Waals surface area (Å²) in [6, 6.07) is 7.24. The van der Waals surface area contributed by atoms with E-state index in [4.69, 9.17) is 17.0 Å². The number of thiocarbonyl (C=S) groups is 1. The summed E-state index contributed by atoms with van der Waals surface area (Å²) in [5.41, 5.74) is 0.519. The number of para-hydroxylation sites is 1. The SMILES string of the molecule is CC(C)Oc1ccccc1C(=O)NC(=S)N1CCCCC1. The van der Waals surface area contributed by atoms with E-state index in [0.29, 0.717) is 16.4 Å². The maximum absolute atomic E-state index is 12.4. The summed E-state index contributed by atoms with van der Waals surface area (Å²) in [4.78, 5) is 14.5. The molecule has 1 saturated heterocycles. The molecule has 114 valence electrons. The van der Waals surface area contributed by atoms with E-state index >= 15 is 0 Å². The van der Waals surface area contributed by atoms with E-state index in [9.17, 15) is 4.79 Å². The molecule has 0 radical (unpaired) electrons. The predicted octanol–water partition coefficient (Wildman–Crippen LogP) is 2.97. The van der Waals surface area contributed by atoms with Crippen molar-refractivity contribution in [3.8, 4) is 5.75 Å². The van der Waals surface area contributed by atoms with Gasteiger partial charge >= 0.3 is 0 Å². The molecule has 2 rings (SSSR count). The van der Waals surface area contributed by atoms with Crippen LogP contribution in [-0.2, 0) is 0 Å². The average Bonchev–Trinajstić information content (AvgIpc) is 2.48. The molecule has 0 atom stereocenters. The Labute approximate surface area is 131 Å². The van der Waals surface area contributed by atoms with Gasteiger partial charge in [-0.15, -0.1) is 0 Å². The van der Waals surface area contributed by atoms with E-state index in [0.717, 1.165) is 25.9 Å². The van der Waals surface area contributed by atoms with E-state index in [-0.39, 0.29) is 12.0 Å². The Hall–Kier alpha value is -1.62. The first-order valence-corrected chi connectivity index (χ1v) is 7.84. The minimum atomic E-state index is -0.207. The van der Waals surface area contributed by atoms with Gasteiger partial charge in [-0.3, -0.25) is 10.1 Å². The van der Waals surface area contributed by atoms with Crippen LogP contribution in [-0.4, -0.2) is 35.1 Å². The van der Waals surface area contributed by atoms with Crippen LogP contribution >= 0.6 is 12.2 Å². The van der Waals surface area contributed by atoms with Crippen molar-refractivity contribution in [1.82, 2.24) is 10.2 Å². The van der Waals surface area contributed by atoms with Crippen LogP contribution in [0.15, 0.2) is 24.3 Å². The zero-order valence-corrected chi connectivity index (χ0v) is 13.4. The Morgan fingerprint density at radius 2 is 1.90 bits per heavy atom. The van der Waals surface area contributed by atoms with E-state index < -0.39 is 0 Å². The molecule has 4 nitrogen and oxygen atoms in total. The van der Waals surface area contributed by atoms with Crippen molar-refractivity contribution in [2.75, 3.05) is 13.1 Å². The Bertz CT molecular complexity index is 511. The van der Waals surface area contributed by atoms with Crippen LogP contribution in [0.25, 0.3) is 0 Å². The summed E-state index contributed by atoms with van der Waals surface area (Å²) >= 11 is 5.33. The second kappa shape index (κ2) is 7.41. The zero-order valence-electron chi connectivity index (χ0n) is 12.6. The van der Waals surface area contributed by atoms with Gasteiger partial charge in [0, 0.05) is 13.1 Å². The molecule has 1 amide bonds. The number of likely N-dealkylation sites (tertiary alicyclic amines) is 1. The highest BCUT2D eigenvalue weighted by Gasteiger charge is 2.18. The van der Waals surface area contributed by atoms with Crippen LogP contribution in [0, 0.1) is 0 Å². The third-order valence-electron chi connectivity index (χ3n) is 3.36. The van der Waals surface area contributed by atoms with Gasteiger partial charge in [-0.1, -0.05) is 12.1 Å². The average molecular weight is 306 g/mol. The number of rotatable bonds is 3. The fourth-order valence-electron chi connectivity index (χ4n) is 2.35. The Balaban J connectivity index is 2.04. The number of nitrogens with zero attached hydrogens (tertiary/aromatic N) is 1. The molecule has 1 heterocycles. The van der Waals surface area contributed by atoms with Crippen LogP contribution < -0.4 is 10.1 Å². The lowest BCUT2D eigenvalue weighted by Gasteiger charge is -2.29. The molecule has 1 aromatic rings. The third-order valence-corrected chi connectivity index (χ3v) is 3.72. The van der Waals surface area contributed by atoms with Crippen molar-refractivity contribution in [3.05, 3.63) is 29.8 Å². The van der Waals surface area contributed by atoms with Gasteiger partial charge in [0.2, 0.25) is 0 Å². The van der Waals surface area contributed by atoms with Crippen LogP contribution in [0.3, 0.4) is 0 Å². The summed E-state index contributed by atoms with van der Waals surface area (Å²) in [6.07, 6.45) is 3.51. The monoisotopic (exact) mass is 306 g/mol. The lowest BCUT2D eigenvalue weighted by atomic mass is 10.1. The molecule has 1 N–H and O–H groups in total. The minimum absolute atomic E-state index is 0.0213. The van der Waals surface area contributed by atoms with Crippen molar-refractivity contribution >= 4 is 23.2 Å². The van der Waals surface area contributed by atoms with Crippen LogP contribution in [0.4, 0.5) is 0 Å². The molecular formula is C16H22N2O2S.